The largest absolute Gasteiger partial charge is 0.494 e. The first kappa shape index (κ1) is 16.3. The standard InChI is InChI=1S/C15H21N3OS2/c1-3-9-19-13-7-5-12(6-8-13)14(16-4-2)10-20-15-18-17-11-21-15/h5-8,11,14,16H,3-4,9-10H2,1-2H3. The minimum atomic E-state index is 0.309. The van der Waals surface area contributed by atoms with Crippen LogP contribution in [0.5, 0.6) is 5.75 Å². The van der Waals surface area contributed by atoms with Gasteiger partial charge in [-0.25, -0.2) is 0 Å². The molecular formula is C15H21N3OS2. The molecule has 21 heavy (non-hydrogen) atoms. The summed E-state index contributed by atoms with van der Waals surface area (Å²) in [5.74, 6) is 1.88. The Morgan fingerprint density at radius 3 is 2.71 bits per heavy atom. The number of thioether (sulfide) groups is 1. The Balaban J connectivity index is 1.96. The molecule has 0 aliphatic heterocycles. The summed E-state index contributed by atoms with van der Waals surface area (Å²) in [7, 11) is 0. The summed E-state index contributed by atoms with van der Waals surface area (Å²) in [6, 6.07) is 8.68. The first-order valence-electron chi connectivity index (χ1n) is 7.18. The average molecular weight is 323 g/mol. The van der Waals surface area contributed by atoms with Gasteiger partial charge in [-0.3, -0.25) is 0 Å². The second-order valence-corrected chi connectivity index (χ2v) is 6.64. The Labute approximate surface area is 134 Å². The molecule has 2 rings (SSSR count). The lowest BCUT2D eigenvalue weighted by Crippen LogP contribution is -2.22. The number of nitrogens with one attached hydrogen (secondary N) is 1. The molecule has 1 heterocycles. The lowest BCUT2D eigenvalue weighted by Gasteiger charge is -2.17. The van der Waals surface area contributed by atoms with Crippen molar-refractivity contribution in [3.05, 3.63) is 35.3 Å². The fourth-order valence-corrected chi connectivity index (χ4v) is 3.52. The fraction of sp³-hybridized carbons (Fsp3) is 0.467. The highest BCUT2D eigenvalue weighted by Crippen LogP contribution is 2.26. The van der Waals surface area contributed by atoms with E-state index in [0.29, 0.717) is 6.04 Å². The van der Waals surface area contributed by atoms with Gasteiger partial charge in [-0.1, -0.05) is 49.1 Å². The molecular weight excluding hydrogens is 302 g/mol. The van der Waals surface area contributed by atoms with Crippen LogP contribution in [-0.2, 0) is 0 Å². The van der Waals surface area contributed by atoms with E-state index in [2.05, 4.69) is 41.5 Å². The molecule has 6 heteroatoms. The van der Waals surface area contributed by atoms with Crippen molar-refractivity contribution in [3.63, 3.8) is 0 Å². The fourth-order valence-electron chi connectivity index (χ4n) is 1.92. The van der Waals surface area contributed by atoms with Gasteiger partial charge in [-0.2, -0.15) is 0 Å². The molecule has 0 amide bonds. The van der Waals surface area contributed by atoms with E-state index in [1.165, 1.54) is 5.56 Å². The van der Waals surface area contributed by atoms with Crippen molar-refractivity contribution >= 4 is 23.1 Å². The molecule has 0 fully saturated rings. The van der Waals surface area contributed by atoms with Gasteiger partial charge in [-0.15, -0.1) is 10.2 Å². The van der Waals surface area contributed by atoms with E-state index in [9.17, 15) is 0 Å². The summed E-state index contributed by atoms with van der Waals surface area (Å²) in [6.07, 6.45) is 1.03. The minimum Gasteiger partial charge on any atom is -0.494 e. The van der Waals surface area contributed by atoms with Crippen molar-refractivity contribution in [2.45, 2.75) is 30.6 Å². The van der Waals surface area contributed by atoms with E-state index in [0.717, 1.165) is 35.4 Å². The van der Waals surface area contributed by atoms with Gasteiger partial charge in [0.15, 0.2) is 4.34 Å². The van der Waals surface area contributed by atoms with Gasteiger partial charge < -0.3 is 10.1 Å². The molecule has 0 bridgehead atoms. The zero-order valence-corrected chi connectivity index (χ0v) is 14.0. The highest BCUT2D eigenvalue weighted by atomic mass is 32.2. The van der Waals surface area contributed by atoms with Crippen LogP contribution >= 0.6 is 23.1 Å². The van der Waals surface area contributed by atoms with Crippen molar-refractivity contribution in [1.29, 1.82) is 0 Å². The number of aromatic nitrogens is 2. The van der Waals surface area contributed by atoms with Gasteiger partial charge in [0.25, 0.3) is 0 Å². The zero-order valence-electron chi connectivity index (χ0n) is 12.4. The van der Waals surface area contributed by atoms with Crippen LogP contribution < -0.4 is 10.1 Å². The Hall–Kier alpha value is -1.11. The van der Waals surface area contributed by atoms with E-state index in [1.54, 1.807) is 28.6 Å². The van der Waals surface area contributed by atoms with Crippen molar-refractivity contribution in [2.75, 3.05) is 18.9 Å². The molecule has 1 aromatic carbocycles. The van der Waals surface area contributed by atoms with Crippen LogP contribution in [-0.4, -0.2) is 29.1 Å². The van der Waals surface area contributed by atoms with Crippen LogP contribution in [0.1, 0.15) is 31.9 Å². The maximum Gasteiger partial charge on any atom is 0.174 e. The van der Waals surface area contributed by atoms with Crippen LogP contribution in [0, 0.1) is 0 Å². The number of hydrogen-bond acceptors (Lipinski definition) is 6. The van der Waals surface area contributed by atoms with Gasteiger partial charge in [0.05, 0.1) is 6.61 Å². The van der Waals surface area contributed by atoms with Gasteiger partial charge in [0, 0.05) is 11.8 Å². The second kappa shape index (κ2) is 9.02. The van der Waals surface area contributed by atoms with Gasteiger partial charge >= 0.3 is 0 Å². The highest BCUT2D eigenvalue weighted by Gasteiger charge is 2.12. The minimum absolute atomic E-state index is 0.309. The Bertz CT molecular complexity index is 502. The monoisotopic (exact) mass is 323 g/mol. The number of benzene rings is 1. The average Bonchev–Trinajstić information content (AvgIpc) is 3.03. The molecule has 1 N–H and O–H groups in total. The third-order valence-corrected chi connectivity index (χ3v) is 4.87. The lowest BCUT2D eigenvalue weighted by molar-refractivity contribution is 0.317. The summed E-state index contributed by atoms with van der Waals surface area (Å²) in [5, 5.41) is 11.5. The zero-order chi connectivity index (χ0) is 14.9. The molecule has 1 atom stereocenters. The molecule has 0 saturated heterocycles. The molecule has 0 aliphatic carbocycles. The quantitative estimate of drug-likeness (QED) is 0.712. The first-order chi connectivity index (χ1) is 10.3. The molecule has 0 spiro atoms. The normalized spacial score (nSPS) is 12.3. The van der Waals surface area contributed by atoms with E-state index in [-0.39, 0.29) is 0 Å². The van der Waals surface area contributed by atoms with Gasteiger partial charge in [0.1, 0.15) is 11.3 Å². The van der Waals surface area contributed by atoms with Crippen LogP contribution in [0.4, 0.5) is 0 Å². The molecule has 114 valence electrons. The first-order valence-corrected chi connectivity index (χ1v) is 9.05. The summed E-state index contributed by atoms with van der Waals surface area (Å²) >= 11 is 3.32. The van der Waals surface area contributed by atoms with E-state index in [4.69, 9.17) is 4.74 Å². The van der Waals surface area contributed by atoms with Crippen molar-refractivity contribution in [2.24, 2.45) is 0 Å². The van der Waals surface area contributed by atoms with Crippen LogP contribution in [0.3, 0.4) is 0 Å². The predicted octanol–water partition coefficient (Wildman–Crippen LogP) is 3.77. The summed E-state index contributed by atoms with van der Waals surface area (Å²) in [5.41, 5.74) is 3.04. The third-order valence-electron chi connectivity index (χ3n) is 2.92. The van der Waals surface area contributed by atoms with Crippen molar-refractivity contribution < 1.29 is 4.74 Å². The Morgan fingerprint density at radius 2 is 2.10 bits per heavy atom. The molecule has 0 aliphatic rings. The number of ether oxygens (including phenoxy) is 1. The number of rotatable bonds is 9. The van der Waals surface area contributed by atoms with E-state index in [1.807, 2.05) is 12.1 Å². The highest BCUT2D eigenvalue weighted by molar-refractivity contribution is 8.01. The second-order valence-electron chi connectivity index (χ2n) is 4.54. The van der Waals surface area contributed by atoms with E-state index < -0.39 is 0 Å². The number of hydrogen-bond donors (Lipinski definition) is 1. The van der Waals surface area contributed by atoms with Crippen molar-refractivity contribution in [1.82, 2.24) is 15.5 Å². The third kappa shape index (κ3) is 5.30. The van der Waals surface area contributed by atoms with Crippen LogP contribution in [0.2, 0.25) is 0 Å². The summed E-state index contributed by atoms with van der Waals surface area (Å²) in [4.78, 5) is 0. The Morgan fingerprint density at radius 1 is 1.29 bits per heavy atom. The summed E-state index contributed by atoms with van der Waals surface area (Å²) in [6.45, 7) is 5.94. The topological polar surface area (TPSA) is 47.0 Å². The molecule has 2 aromatic rings. The molecule has 4 nitrogen and oxygen atoms in total. The van der Waals surface area contributed by atoms with E-state index >= 15 is 0 Å². The maximum absolute atomic E-state index is 5.63. The maximum atomic E-state index is 5.63. The SMILES string of the molecule is CCCOc1ccc(C(CSc2nncs2)NCC)cc1. The van der Waals surface area contributed by atoms with Crippen LogP contribution in [0.25, 0.3) is 0 Å². The predicted molar refractivity (Wildman–Crippen MR) is 89.3 cm³/mol. The smallest absolute Gasteiger partial charge is 0.174 e. The van der Waals surface area contributed by atoms with Gasteiger partial charge in [0.2, 0.25) is 0 Å². The number of nitrogens with zero attached hydrogens (tertiary/aromatic N) is 2. The molecule has 1 aromatic heterocycles. The van der Waals surface area contributed by atoms with Gasteiger partial charge in [-0.05, 0) is 30.7 Å². The molecule has 1 unspecified atom stereocenters. The lowest BCUT2D eigenvalue weighted by atomic mass is 10.1. The van der Waals surface area contributed by atoms with Crippen molar-refractivity contribution in [3.8, 4) is 5.75 Å². The Kier molecular flexibility index (Phi) is 6.99. The van der Waals surface area contributed by atoms with Crippen LogP contribution in [0.15, 0.2) is 34.1 Å². The summed E-state index contributed by atoms with van der Waals surface area (Å²) < 4.78 is 6.64. The molecule has 0 saturated carbocycles. The molecule has 0 radical (unpaired) electrons.